The summed E-state index contributed by atoms with van der Waals surface area (Å²) in [7, 11) is 0. The summed E-state index contributed by atoms with van der Waals surface area (Å²) in [5.41, 5.74) is 7.96. The van der Waals surface area contributed by atoms with Crippen molar-refractivity contribution < 1.29 is 4.74 Å². The molecule has 0 fully saturated rings. The van der Waals surface area contributed by atoms with Crippen molar-refractivity contribution in [1.82, 2.24) is 9.97 Å². The van der Waals surface area contributed by atoms with E-state index in [9.17, 15) is 0 Å². The number of anilines is 2. The molecule has 0 radical (unpaired) electrons. The van der Waals surface area contributed by atoms with E-state index in [-0.39, 0.29) is 5.95 Å². The number of thioether (sulfide) groups is 1. The number of hydrogen-bond acceptors (Lipinski definition) is 7. The molecule has 1 heterocycles. The Morgan fingerprint density at radius 3 is 2.78 bits per heavy atom. The molecule has 18 heavy (non-hydrogen) atoms. The van der Waals surface area contributed by atoms with Crippen molar-refractivity contribution in [2.24, 2.45) is 5.84 Å². The molecule has 1 aromatic carbocycles. The highest BCUT2D eigenvalue weighted by atomic mass is 32.2. The number of nitrogen functional groups attached to an aromatic ring is 2. The fourth-order valence-electron chi connectivity index (χ4n) is 1.38. The lowest BCUT2D eigenvalue weighted by Crippen LogP contribution is -2.10. The second-order valence-electron chi connectivity index (χ2n) is 3.35. The highest BCUT2D eigenvalue weighted by Gasteiger charge is 2.07. The zero-order valence-corrected chi connectivity index (χ0v) is 10.6. The average Bonchev–Trinajstić information content (AvgIpc) is 2.38. The molecule has 0 atom stereocenters. The predicted octanol–water partition coefficient (Wildman–Crippen LogP) is 1.86. The van der Waals surface area contributed by atoms with Gasteiger partial charge in [-0.25, -0.2) is 5.84 Å². The monoisotopic (exact) mass is 263 g/mol. The molecule has 2 aromatic rings. The minimum Gasteiger partial charge on any atom is -0.438 e. The number of nitrogens with one attached hydrogen (secondary N) is 1. The molecule has 1 aromatic heterocycles. The summed E-state index contributed by atoms with van der Waals surface area (Å²) in [4.78, 5) is 8.89. The molecule has 6 nitrogen and oxygen atoms in total. The van der Waals surface area contributed by atoms with Crippen molar-refractivity contribution in [3.8, 4) is 11.6 Å². The lowest BCUT2D eigenvalue weighted by atomic mass is 10.3. The van der Waals surface area contributed by atoms with E-state index in [0.29, 0.717) is 17.4 Å². The van der Waals surface area contributed by atoms with Crippen LogP contribution in [0.25, 0.3) is 0 Å². The lowest BCUT2D eigenvalue weighted by molar-refractivity contribution is 0.452. The molecule has 0 aliphatic heterocycles. The standard InChI is InChI=1S/C11H13N5OS/c1-18-8-5-3-2-4-7(8)17-10-6-9(16-13)14-11(12)15-10/h2-6H,13H2,1H3,(H3,12,14,15,16). The van der Waals surface area contributed by atoms with Crippen LogP contribution in [0.1, 0.15) is 0 Å². The van der Waals surface area contributed by atoms with Crippen LogP contribution in [0.5, 0.6) is 11.6 Å². The Morgan fingerprint density at radius 1 is 1.28 bits per heavy atom. The molecule has 0 spiro atoms. The van der Waals surface area contributed by atoms with Gasteiger partial charge in [0.1, 0.15) is 11.6 Å². The van der Waals surface area contributed by atoms with Crippen LogP contribution in [0.3, 0.4) is 0 Å². The van der Waals surface area contributed by atoms with E-state index in [1.54, 1.807) is 17.8 Å². The number of nitrogens with zero attached hydrogens (tertiary/aromatic N) is 2. The van der Waals surface area contributed by atoms with Gasteiger partial charge in [-0.15, -0.1) is 11.8 Å². The second kappa shape index (κ2) is 5.56. The first-order valence-electron chi connectivity index (χ1n) is 5.15. The number of aromatic nitrogens is 2. The van der Waals surface area contributed by atoms with E-state index in [2.05, 4.69) is 15.4 Å². The average molecular weight is 263 g/mol. The van der Waals surface area contributed by atoms with Crippen LogP contribution in [0.2, 0.25) is 0 Å². The molecule has 7 heteroatoms. The number of ether oxygens (including phenoxy) is 1. The maximum Gasteiger partial charge on any atom is 0.226 e. The summed E-state index contributed by atoms with van der Waals surface area (Å²) >= 11 is 1.59. The Labute approximate surface area is 109 Å². The van der Waals surface area contributed by atoms with Crippen LogP contribution in [0.15, 0.2) is 35.2 Å². The third-order valence-electron chi connectivity index (χ3n) is 2.15. The van der Waals surface area contributed by atoms with Gasteiger partial charge in [-0.05, 0) is 18.4 Å². The molecule has 0 aliphatic rings. The van der Waals surface area contributed by atoms with Crippen molar-refractivity contribution in [1.29, 1.82) is 0 Å². The van der Waals surface area contributed by atoms with Gasteiger partial charge in [-0.1, -0.05) is 12.1 Å². The largest absolute Gasteiger partial charge is 0.438 e. The normalized spacial score (nSPS) is 10.1. The van der Waals surface area contributed by atoms with Gasteiger partial charge < -0.3 is 15.9 Å². The molecule has 0 unspecified atom stereocenters. The predicted molar refractivity (Wildman–Crippen MR) is 72.6 cm³/mol. The number of hydrogen-bond donors (Lipinski definition) is 3. The molecule has 2 rings (SSSR count). The molecule has 0 saturated heterocycles. The summed E-state index contributed by atoms with van der Waals surface area (Å²) in [6.45, 7) is 0. The van der Waals surface area contributed by atoms with Crippen molar-refractivity contribution in [3.05, 3.63) is 30.3 Å². The molecule has 5 N–H and O–H groups in total. The van der Waals surface area contributed by atoms with E-state index >= 15 is 0 Å². The Morgan fingerprint density at radius 2 is 2.06 bits per heavy atom. The van der Waals surface area contributed by atoms with Crippen molar-refractivity contribution in [3.63, 3.8) is 0 Å². The summed E-state index contributed by atoms with van der Waals surface area (Å²) in [5.74, 6) is 6.84. The third kappa shape index (κ3) is 2.82. The third-order valence-corrected chi connectivity index (χ3v) is 2.93. The van der Waals surface area contributed by atoms with Crippen molar-refractivity contribution in [2.75, 3.05) is 17.4 Å². The van der Waals surface area contributed by atoms with Gasteiger partial charge in [0.05, 0.1) is 0 Å². The van der Waals surface area contributed by atoms with Crippen LogP contribution in [0.4, 0.5) is 11.8 Å². The quantitative estimate of drug-likeness (QED) is 0.440. The Hall–Kier alpha value is -1.99. The smallest absolute Gasteiger partial charge is 0.226 e. The van der Waals surface area contributed by atoms with E-state index in [1.807, 2.05) is 30.5 Å². The van der Waals surface area contributed by atoms with Gasteiger partial charge in [-0.3, -0.25) is 0 Å². The first kappa shape index (κ1) is 12.5. The first-order valence-corrected chi connectivity index (χ1v) is 6.37. The van der Waals surface area contributed by atoms with Crippen LogP contribution in [-0.4, -0.2) is 16.2 Å². The number of para-hydroxylation sites is 1. The zero-order valence-electron chi connectivity index (χ0n) is 9.75. The molecular weight excluding hydrogens is 250 g/mol. The van der Waals surface area contributed by atoms with Crippen molar-refractivity contribution in [2.45, 2.75) is 4.90 Å². The van der Waals surface area contributed by atoms with Gasteiger partial charge in [0.2, 0.25) is 11.8 Å². The van der Waals surface area contributed by atoms with Crippen molar-refractivity contribution >= 4 is 23.5 Å². The first-order chi connectivity index (χ1) is 8.72. The molecular formula is C11H13N5OS. The minimum atomic E-state index is 0.0992. The molecule has 0 bridgehead atoms. The van der Waals surface area contributed by atoms with E-state index < -0.39 is 0 Å². The SMILES string of the molecule is CSc1ccccc1Oc1cc(NN)nc(N)n1. The molecule has 94 valence electrons. The fraction of sp³-hybridized carbons (Fsp3) is 0.0909. The number of rotatable bonds is 4. The van der Waals surface area contributed by atoms with E-state index in [4.69, 9.17) is 16.3 Å². The lowest BCUT2D eigenvalue weighted by Gasteiger charge is -2.09. The summed E-state index contributed by atoms with van der Waals surface area (Å²) < 4.78 is 5.68. The zero-order chi connectivity index (χ0) is 13.0. The molecule has 0 amide bonds. The molecule has 0 aliphatic carbocycles. The highest BCUT2D eigenvalue weighted by molar-refractivity contribution is 7.98. The van der Waals surface area contributed by atoms with Crippen LogP contribution < -0.4 is 21.7 Å². The van der Waals surface area contributed by atoms with Gasteiger partial charge in [0.25, 0.3) is 0 Å². The van der Waals surface area contributed by atoms with E-state index in [0.717, 1.165) is 4.90 Å². The highest BCUT2D eigenvalue weighted by Crippen LogP contribution is 2.31. The van der Waals surface area contributed by atoms with Gasteiger partial charge in [-0.2, -0.15) is 9.97 Å². The number of hydrazine groups is 1. The maximum absolute atomic E-state index is 5.68. The van der Waals surface area contributed by atoms with Gasteiger partial charge in [0.15, 0.2) is 0 Å². The Balaban J connectivity index is 2.30. The topological polar surface area (TPSA) is 99.1 Å². The van der Waals surface area contributed by atoms with Gasteiger partial charge in [0, 0.05) is 11.0 Å². The summed E-state index contributed by atoms with van der Waals surface area (Å²) in [5, 5.41) is 0. The van der Waals surface area contributed by atoms with Crippen LogP contribution in [0, 0.1) is 0 Å². The summed E-state index contributed by atoms with van der Waals surface area (Å²) in [6.07, 6.45) is 1.98. The van der Waals surface area contributed by atoms with Crippen LogP contribution >= 0.6 is 11.8 Å². The Bertz CT molecular complexity index is 549. The van der Waals surface area contributed by atoms with Gasteiger partial charge >= 0.3 is 0 Å². The van der Waals surface area contributed by atoms with Crippen LogP contribution in [-0.2, 0) is 0 Å². The summed E-state index contributed by atoms with van der Waals surface area (Å²) in [6, 6.07) is 9.24. The number of nitrogens with two attached hydrogens (primary N) is 2. The molecule has 0 saturated carbocycles. The maximum atomic E-state index is 5.68. The van der Waals surface area contributed by atoms with E-state index in [1.165, 1.54) is 0 Å². The second-order valence-corrected chi connectivity index (χ2v) is 4.19. The Kier molecular flexibility index (Phi) is 3.85. The number of benzene rings is 1. The minimum absolute atomic E-state index is 0.0992. The fourth-order valence-corrected chi connectivity index (χ4v) is 1.91.